The van der Waals surface area contributed by atoms with Crippen molar-refractivity contribution >= 4 is 34.7 Å². The van der Waals surface area contributed by atoms with Crippen LogP contribution in [0.2, 0.25) is 0 Å². The molecule has 0 amide bonds. The maximum Gasteiger partial charge on any atom is 0.241 e. The maximum absolute atomic E-state index is 13.2. The molecular weight excluding hydrogens is 504 g/mol. The Labute approximate surface area is 233 Å². The van der Waals surface area contributed by atoms with Gasteiger partial charge in [-0.15, -0.1) is 0 Å². The zero-order valence-electron chi connectivity index (χ0n) is 24.2. The van der Waals surface area contributed by atoms with Crippen LogP contribution in [-0.2, 0) is 28.8 Å². The number of ketones is 6. The van der Waals surface area contributed by atoms with Crippen molar-refractivity contribution in [3.8, 4) is 0 Å². The summed E-state index contributed by atoms with van der Waals surface area (Å²) in [7, 11) is 0. The smallest absolute Gasteiger partial charge is 0.241 e. The summed E-state index contributed by atoms with van der Waals surface area (Å²) in [5, 5.41) is 32.4. The van der Waals surface area contributed by atoms with Crippen LogP contribution in [0, 0.1) is 0 Å². The van der Waals surface area contributed by atoms with Gasteiger partial charge in [0.15, 0.2) is 5.60 Å². The van der Waals surface area contributed by atoms with Gasteiger partial charge in [0.25, 0.3) is 0 Å². The lowest BCUT2D eigenvalue weighted by Gasteiger charge is -2.37. The summed E-state index contributed by atoms with van der Waals surface area (Å²) >= 11 is 0. The summed E-state index contributed by atoms with van der Waals surface area (Å²) in [6.07, 6.45) is 9.45. The number of aliphatic hydroxyl groups is 3. The predicted molar refractivity (Wildman–Crippen MR) is 147 cm³/mol. The van der Waals surface area contributed by atoms with Crippen LogP contribution in [0.3, 0.4) is 0 Å². The lowest BCUT2D eigenvalue weighted by atomic mass is 9.70. The molecule has 0 saturated heterocycles. The number of carbonyl (C=O) groups excluding carboxylic acids is 6. The lowest BCUT2D eigenvalue weighted by molar-refractivity contribution is -0.195. The van der Waals surface area contributed by atoms with Gasteiger partial charge in [-0.1, -0.05) is 97.8 Å². The molecule has 0 aromatic rings. The average molecular weight is 555 g/mol. The zero-order valence-corrected chi connectivity index (χ0v) is 24.2. The molecule has 0 rings (SSSR count). The van der Waals surface area contributed by atoms with Crippen LogP contribution in [0.25, 0.3) is 0 Å². The minimum Gasteiger partial charge on any atom is -0.393 e. The summed E-state index contributed by atoms with van der Waals surface area (Å²) in [5.41, 5.74) is -7.55. The monoisotopic (exact) mass is 554 g/mol. The number of rotatable bonds is 26. The highest BCUT2D eigenvalue weighted by molar-refractivity contribution is 6.56. The molecule has 1 unspecified atom stereocenters. The first-order chi connectivity index (χ1) is 18.5. The van der Waals surface area contributed by atoms with Gasteiger partial charge < -0.3 is 15.3 Å². The van der Waals surface area contributed by atoms with Crippen molar-refractivity contribution in [3.63, 3.8) is 0 Å². The van der Waals surface area contributed by atoms with Crippen molar-refractivity contribution in [3.05, 3.63) is 0 Å². The Balaban J connectivity index is 6.01. The van der Waals surface area contributed by atoms with Crippen LogP contribution in [0.1, 0.15) is 136 Å². The molecule has 1 atom stereocenters. The molecule has 3 N–H and O–H groups in total. The quantitative estimate of drug-likeness (QED) is 0.0816. The summed E-state index contributed by atoms with van der Waals surface area (Å²) in [5.74, 6) is -9.21. The first-order valence-electron chi connectivity index (χ1n) is 14.8. The topological polar surface area (TPSA) is 163 Å². The number of carbonyl (C=O) groups is 6. The third kappa shape index (κ3) is 11.1. The van der Waals surface area contributed by atoms with Crippen LogP contribution in [0.4, 0.5) is 0 Å². The number of Topliss-reactive ketones (excluding diaryl/α,β-unsaturated/α-hetero) is 6. The predicted octanol–water partition coefficient (Wildman–Crippen LogP) is 3.94. The van der Waals surface area contributed by atoms with Crippen LogP contribution >= 0.6 is 0 Å². The van der Waals surface area contributed by atoms with E-state index in [9.17, 15) is 44.1 Å². The Morgan fingerprint density at radius 3 is 1.03 bits per heavy atom. The Hall–Kier alpha value is -2.10. The van der Waals surface area contributed by atoms with E-state index in [1.165, 1.54) is 0 Å². The van der Waals surface area contributed by atoms with E-state index in [0.717, 1.165) is 57.8 Å². The fourth-order valence-electron chi connectivity index (χ4n) is 4.47. The van der Waals surface area contributed by atoms with Gasteiger partial charge in [-0.2, -0.15) is 0 Å². The second kappa shape index (κ2) is 19.9. The van der Waals surface area contributed by atoms with Crippen molar-refractivity contribution in [2.24, 2.45) is 0 Å². The molecule has 0 aliphatic rings. The van der Waals surface area contributed by atoms with E-state index in [0.29, 0.717) is 19.3 Å². The molecule has 9 heteroatoms. The van der Waals surface area contributed by atoms with Gasteiger partial charge in [0.1, 0.15) is 0 Å². The minimum atomic E-state index is -3.89. The highest BCUT2D eigenvalue weighted by atomic mass is 16.4. The van der Waals surface area contributed by atoms with E-state index in [4.69, 9.17) is 0 Å². The zero-order chi connectivity index (χ0) is 29.9. The van der Waals surface area contributed by atoms with Crippen molar-refractivity contribution < 1.29 is 44.1 Å². The molecule has 0 fully saturated rings. The number of hydrogen-bond donors (Lipinski definition) is 3. The van der Waals surface area contributed by atoms with Gasteiger partial charge >= 0.3 is 0 Å². The largest absolute Gasteiger partial charge is 0.393 e. The Morgan fingerprint density at radius 2 is 0.744 bits per heavy atom. The number of aliphatic hydroxyl groups excluding tert-OH is 1. The molecular formula is C30H50O9. The van der Waals surface area contributed by atoms with E-state index in [2.05, 4.69) is 0 Å². The maximum atomic E-state index is 13.2. The first-order valence-corrected chi connectivity index (χ1v) is 14.8. The molecule has 224 valence electrons. The summed E-state index contributed by atoms with van der Waals surface area (Å²) in [6.45, 7) is 4.31. The molecule has 0 aliphatic carbocycles. The van der Waals surface area contributed by atoms with Gasteiger partial charge in [0.2, 0.25) is 40.3 Å². The third-order valence-corrected chi connectivity index (χ3v) is 7.14. The minimum absolute atomic E-state index is 0.252. The van der Waals surface area contributed by atoms with Gasteiger partial charge in [-0.25, -0.2) is 0 Å². The van der Waals surface area contributed by atoms with Crippen molar-refractivity contribution in [1.82, 2.24) is 0 Å². The molecule has 39 heavy (non-hydrogen) atoms. The van der Waals surface area contributed by atoms with Crippen molar-refractivity contribution in [2.75, 3.05) is 6.61 Å². The van der Waals surface area contributed by atoms with E-state index in [1.807, 2.05) is 20.8 Å². The molecule has 0 bridgehead atoms. The van der Waals surface area contributed by atoms with E-state index >= 15 is 0 Å². The van der Waals surface area contributed by atoms with E-state index in [-0.39, 0.29) is 38.5 Å². The Kier molecular flexibility index (Phi) is 18.8. The van der Waals surface area contributed by atoms with E-state index < -0.39 is 52.5 Å². The molecule has 0 aromatic heterocycles. The second-order valence-corrected chi connectivity index (χ2v) is 10.5. The number of unbranched alkanes of at least 4 members (excludes halogenated alkanes) is 12. The summed E-state index contributed by atoms with van der Waals surface area (Å²) in [6, 6.07) is 0. The highest BCUT2D eigenvalue weighted by Gasteiger charge is 2.67. The van der Waals surface area contributed by atoms with Gasteiger partial charge in [-0.3, -0.25) is 28.8 Å². The highest BCUT2D eigenvalue weighted by Crippen LogP contribution is 2.30. The van der Waals surface area contributed by atoms with Crippen LogP contribution in [-0.4, -0.2) is 67.8 Å². The van der Waals surface area contributed by atoms with Crippen LogP contribution < -0.4 is 0 Å². The van der Waals surface area contributed by atoms with Gasteiger partial charge in [0.05, 0.1) is 6.61 Å². The fourth-order valence-corrected chi connectivity index (χ4v) is 4.47. The molecule has 0 radical (unpaired) electrons. The molecule has 0 aromatic carbocycles. The molecule has 0 spiro atoms. The Bertz CT molecular complexity index is 779. The lowest BCUT2D eigenvalue weighted by Crippen LogP contribution is -2.73. The van der Waals surface area contributed by atoms with E-state index in [1.54, 1.807) is 0 Å². The van der Waals surface area contributed by atoms with Crippen LogP contribution in [0.5, 0.6) is 0 Å². The van der Waals surface area contributed by atoms with Gasteiger partial charge in [-0.05, 0) is 19.3 Å². The fraction of sp³-hybridized carbons (Fsp3) is 0.800. The molecule has 9 nitrogen and oxygen atoms in total. The second-order valence-electron chi connectivity index (χ2n) is 10.5. The molecule has 0 aliphatic heterocycles. The van der Waals surface area contributed by atoms with Crippen molar-refractivity contribution in [2.45, 2.75) is 148 Å². The summed E-state index contributed by atoms with van der Waals surface area (Å²) in [4.78, 5) is 77.6. The molecule has 0 heterocycles. The summed E-state index contributed by atoms with van der Waals surface area (Å²) < 4.78 is 0. The Morgan fingerprint density at radius 1 is 0.462 bits per heavy atom. The van der Waals surface area contributed by atoms with Crippen molar-refractivity contribution in [1.29, 1.82) is 0 Å². The SMILES string of the molecule is CCCCCCCC(=O)C(=O)C(O)(CO)C(O)(C(=O)C(=O)CCCCCCC)C(=O)C(=O)CCCCCCC. The van der Waals surface area contributed by atoms with Crippen LogP contribution in [0.15, 0.2) is 0 Å². The normalized spacial score (nSPS) is 13.1. The average Bonchev–Trinajstić information content (AvgIpc) is 2.94. The standard InChI is InChI=1S/C30H50O9/c1-4-7-10-13-16-19-23(32)26(35)29(38,22-31)30(39,27(36)24(33)20-17-14-11-8-5-2)28(37)25(34)21-18-15-12-9-6-3/h31,38-39H,4-22H2,1-3H3. The first kappa shape index (κ1) is 36.9. The third-order valence-electron chi connectivity index (χ3n) is 7.14. The number of hydrogen-bond acceptors (Lipinski definition) is 9. The van der Waals surface area contributed by atoms with Gasteiger partial charge in [0, 0.05) is 19.3 Å². The molecule has 0 saturated carbocycles.